The Balaban J connectivity index is 2.06. The van der Waals surface area contributed by atoms with Crippen molar-refractivity contribution in [1.82, 2.24) is 10.2 Å². The molecule has 8 heteroatoms. The number of benzene rings is 1. The highest BCUT2D eigenvalue weighted by Crippen LogP contribution is 2.43. The Bertz CT molecular complexity index is 578. The molecule has 27 heavy (non-hydrogen) atoms. The first-order valence-electron chi connectivity index (χ1n) is 9.40. The normalized spacial score (nSPS) is 22.0. The lowest BCUT2D eigenvalue weighted by Gasteiger charge is -2.41. The van der Waals surface area contributed by atoms with Crippen LogP contribution in [0.25, 0.3) is 0 Å². The van der Waals surface area contributed by atoms with Gasteiger partial charge in [-0.3, -0.25) is 4.90 Å². The van der Waals surface area contributed by atoms with Gasteiger partial charge in [0.1, 0.15) is 0 Å². The third-order valence-corrected chi connectivity index (χ3v) is 5.59. The number of piperazine rings is 1. The van der Waals surface area contributed by atoms with Crippen LogP contribution in [0.1, 0.15) is 54.8 Å². The lowest BCUT2D eigenvalue weighted by atomic mass is 9.79. The fourth-order valence-corrected chi connectivity index (χ4v) is 4.34. The monoisotopic (exact) mass is 394 g/mol. The Hall–Kier alpha value is -1.28. The summed E-state index contributed by atoms with van der Waals surface area (Å²) in [6.45, 7) is 2.63. The van der Waals surface area contributed by atoms with E-state index >= 15 is 0 Å². The average Bonchev–Trinajstić information content (AvgIpc) is 2.62. The highest BCUT2D eigenvalue weighted by Gasteiger charge is 2.39. The van der Waals surface area contributed by atoms with Crippen LogP contribution in [0.3, 0.4) is 0 Å². The van der Waals surface area contributed by atoms with Gasteiger partial charge in [0.25, 0.3) is 0 Å². The van der Waals surface area contributed by atoms with Crippen molar-refractivity contribution in [3.8, 4) is 0 Å². The maximum Gasteiger partial charge on any atom is 0.416 e. The number of alkyl halides is 6. The van der Waals surface area contributed by atoms with E-state index in [0.717, 1.165) is 44.2 Å². The molecule has 2 fully saturated rings. The first kappa shape index (κ1) is 20.5. The van der Waals surface area contributed by atoms with E-state index in [2.05, 4.69) is 10.2 Å². The number of halogens is 6. The van der Waals surface area contributed by atoms with Crippen LogP contribution in [0.5, 0.6) is 0 Å². The fourth-order valence-electron chi connectivity index (χ4n) is 4.34. The van der Waals surface area contributed by atoms with Crippen LogP contribution in [0, 0.1) is 5.92 Å². The van der Waals surface area contributed by atoms with Crippen molar-refractivity contribution in [3.63, 3.8) is 0 Å². The number of hydrogen-bond donors (Lipinski definition) is 1. The molecule has 1 N–H and O–H groups in total. The second-order valence-electron chi connectivity index (χ2n) is 7.47. The van der Waals surface area contributed by atoms with Gasteiger partial charge in [-0.2, -0.15) is 26.3 Å². The Morgan fingerprint density at radius 3 is 1.81 bits per heavy atom. The second-order valence-corrected chi connectivity index (χ2v) is 7.47. The molecule has 0 aromatic heterocycles. The molecule has 0 bridgehead atoms. The van der Waals surface area contributed by atoms with Crippen molar-refractivity contribution < 1.29 is 26.3 Å². The highest BCUT2D eigenvalue weighted by molar-refractivity contribution is 5.36. The minimum absolute atomic E-state index is 0.0846. The molecule has 0 radical (unpaired) electrons. The van der Waals surface area contributed by atoms with Crippen molar-refractivity contribution in [2.75, 3.05) is 26.2 Å². The third kappa shape index (κ3) is 4.96. The zero-order valence-electron chi connectivity index (χ0n) is 15.0. The molecular formula is C19H24F6N2. The maximum atomic E-state index is 13.3. The minimum atomic E-state index is -4.81. The summed E-state index contributed by atoms with van der Waals surface area (Å²) >= 11 is 0. The van der Waals surface area contributed by atoms with E-state index in [1.54, 1.807) is 0 Å². The van der Waals surface area contributed by atoms with Gasteiger partial charge < -0.3 is 5.32 Å². The first-order chi connectivity index (χ1) is 12.7. The maximum absolute atomic E-state index is 13.3. The Kier molecular flexibility index (Phi) is 6.05. The SMILES string of the molecule is FC(F)(F)c1cc([C@@H](C2CCCCC2)N2CCNCC2)cc(C(F)(F)F)c1. The van der Waals surface area contributed by atoms with E-state index in [1.807, 2.05) is 0 Å². The van der Waals surface area contributed by atoms with E-state index in [4.69, 9.17) is 0 Å². The molecule has 1 atom stereocenters. The van der Waals surface area contributed by atoms with Gasteiger partial charge in [0.05, 0.1) is 11.1 Å². The molecule has 3 rings (SSSR count). The van der Waals surface area contributed by atoms with Crippen molar-refractivity contribution >= 4 is 0 Å². The topological polar surface area (TPSA) is 15.3 Å². The van der Waals surface area contributed by atoms with Crippen LogP contribution in [0.15, 0.2) is 18.2 Å². The van der Waals surface area contributed by atoms with Gasteiger partial charge in [0.2, 0.25) is 0 Å². The number of hydrogen-bond acceptors (Lipinski definition) is 2. The Morgan fingerprint density at radius 2 is 1.33 bits per heavy atom. The van der Waals surface area contributed by atoms with Crippen molar-refractivity contribution in [2.45, 2.75) is 50.5 Å². The zero-order chi connectivity index (χ0) is 19.7. The molecule has 1 aromatic rings. The molecule has 0 spiro atoms. The second kappa shape index (κ2) is 7.99. The van der Waals surface area contributed by atoms with Gasteiger partial charge in [-0.25, -0.2) is 0 Å². The summed E-state index contributed by atoms with van der Waals surface area (Å²) in [5.41, 5.74) is -2.29. The summed E-state index contributed by atoms with van der Waals surface area (Å²) in [5, 5.41) is 3.19. The number of nitrogens with one attached hydrogen (secondary N) is 1. The Labute approximate surface area is 154 Å². The summed E-state index contributed by atoms with van der Waals surface area (Å²) < 4.78 is 79.8. The molecule has 2 nitrogen and oxygen atoms in total. The predicted octanol–water partition coefficient (Wildman–Crippen LogP) is 5.25. The molecule has 0 unspecified atom stereocenters. The zero-order valence-corrected chi connectivity index (χ0v) is 15.0. The average molecular weight is 394 g/mol. The molecule has 1 aliphatic heterocycles. The number of rotatable bonds is 3. The number of nitrogens with zero attached hydrogens (tertiary/aromatic N) is 1. The molecule has 0 amide bonds. The highest BCUT2D eigenvalue weighted by atomic mass is 19.4. The minimum Gasteiger partial charge on any atom is -0.314 e. The van der Waals surface area contributed by atoms with E-state index in [1.165, 1.54) is 0 Å². The molecule has 1 aromatic carbocycles. The first-order valence-corrected chi connectivity index (χ1v) is 9.40. The third-order valence-electron chi connectivity index (χ3n) is 5.59. The van der Waals surface area contributed by atoms with Crippen LogP contribution >= 0.6 is 0 Å². The summed E-state index contributed by atoms with van der Waals surface area (Å²) in [6, 6.07) is 1.67. The lowest BCUT2D eigenvalue weighted by molar-refractivity contribution is -0.143. The van der Waals surface area contributed by atoms with Gasteiger partial charge >= 0.3 is 12.4 Å². The van der Waals surface area contributed by atoms with Crippen LogP contribution in [0.2, 0.25) is 0 Å². The van der Waals surface area contributed by atoms with Crippen LogP contribution in [0.4, 0.5) is 26.3 Å². The predicted molar refractivity (Wildman–Crippen MR) is 90.2 cm³/mol. The van der Waals surface area contributed by atoms with E-state index in [0.29, 0.717) is 26.2 Å². The molecule has 1 aliphatic carbocycles. The fraction of sp³-hybridized carbons (Fsp3) is 0.684. The van der Waals surface area contributed by atoms with E-state index in [9.17, 15) is 26.3 Å². The van der Waals surface area contributed by atoms with Gasteiger partial charge in [-0.1, -0.05) is 19.3 Å². The molecule has 1 saturated heterocycles. The van der Waals surface area contributed by atoms with Crippen molar-refractivity contribution in [3.05, 3.63) is 34.9 Å². The standard InChI is InChI=1S/C19H24F6N2/c20-18(21,22)15-10-14(11-16(12-15)19(23,24)25)17(13-4-2-1-3-5-13)27-8-6-26-7-9-27/h10-13,17,26H,1-9H2/t17-/m1/s1. The quantitative estimate of drug-likeness (QED) is 0.705. The smallest absolute Gasteiger partial charge is 0.314 e. The molecule has 152 valence electrons. The van der Waals surface area contributed by atoms with Crippen LogP contribution < -0.4 is 5.32 Å². The molecule has 2 aliphatic rings. The largest absolute Gasteiger partial charge is 0.416 e. The Morgan fingerprint density at radius 1 is 0.815 bits per heavy atom. The van der Waals surface area contributed by atoms with Crippen LogP contribution in [-0.2, 0) is 12.4 Å². The van der Waals surface area contributed by atoms with E-state index < -0.39 is 29.5 Å². The molecule has 1 saturated carbocycles. The van der Waals surface area contributed by atoms with Gasteiger partial charge in [-0.15, -0.1) is 0 Å². The summed E-state index contributed by atoms with van der Waals surface area (Å²) in [4.78, 5) is 2.06. The van der Waals surface area contributed by atoms with Crippen LogP contribution in [-0.4, -0.2) is 31.1 Å². The molecule has 1 heterocycles. The van der Waals surface area contributed by atoms with Gasteiger partial charge in [-0.05, 0) is 42.5 Å². The van der Waals surface area contributed by atoms with Gasteiger partial charge in [0.15, 0.2) is 0 Å². The summed E-state index contributed by atoms with van der Waals surface area (Å²) in [5.74, 6) is 0.0846. The summed E-state index contributed by atoms with van der Waals surface area (Å²) in [6.07, 6.45) is -4.93. The van der Waals surface area contributed by atoms with Crippen molar-refractivity contribution in [2.24, 2.45) is 5.92 Å². The summed E-state index contributed by atoms with van der Waals surface area (Å²) in [7, 11) is 0. The molecular weight excluding hydrogens is 370 g/mol. The van der Waals surface area contributed by atoms with Gasteiger partial charge in [0, 0.05) is 32.2 Å². The lowest BCUT2D eigenvalue weighted by Crippen LogP contribution is -2.47. The van der Waals surface area contributed by atoms with Crippen molar-refractivity contribution in [1.29, 1.82) is 0 Å². The van der Waals surface area contributed by atoms with E-state index in [-0.39, 0.29) is 17.5 Å².